The lowest BCUT2D eigenvalue weighted by atomic mass is 9.98. The average Bonchev–Trinajstić information content (AvgIpc) is 3.19. The van der Waals surface area contributed by atoms with Gasteiger partial charge < -0.3 is 30.3 Å². The number of rotatable bonds is 5. The van der Waals surface area contributed by atoms with Crippen molar-refractivity contribution < 1.29 is 33.4 Å². The smallest absolute Gasteiger partial charge is 0.408 e. The highest BCUT2D eigenvalue weighted by Gasteiger charge is 2.69. The number of piperidine rings is 1. The molecule has 0 aromatic rings. The second-order valence-corrected chi connectivity index (χ2v) is 12.6. The number of nitrogens with one attached hydrogen (secondary N) is 3. The number of ether oxygens (including phenoxy) is 2. The van der Waals surface area contributed by atoms with Gasteiger partial charge in [0.05, 0.1) is 12.6 Å². The summed E-state index contributed by atoms with van der Waals surface area (Å²) in [5.74, 6) is -2.40. The zero-order valence-electron chi connectivity index (χ0n) is 24.5. The van der Waals surface area contributed by atoms with Crippen LogP contribution in [0.4, 0.5) is 4.79 Å². The molecule has 2 saturated heterocycles. The first-order valence-corrected chi connectivity index (χ1v) is 14.4. The summed E-state index contributed by atoms with van der Waals surface area (Å²) in [6, 6.07) is -2.88. The van der Waals surface area contributed by atoms with Gasteiger partial charge in [-0.2, -0.15) is 0 Å². The summed E-state index contributed by atoms with van der Waals surface area (Å²) in [5.41, 5.74) is -0.918. The van der Waals surface area contributed by atoms with Crippen molar-refractivity contribution in [2.24, 2.45) is 17.3 Å². The van der Waals surface area contributed by atoms with Crippen LogP contribution in [0, 0.1) is 17.3 Å². The van der Waals surface area contributed by atoms with Gasteiger partial charge in [0.1, 0.15) is 17.7 Å². The first-order chi connectivity index (χ1) is 18.8. The molecular weight excluding hydrogens is 516 g/mol. The van der Waals surface area contributed by atoms with Crippen LogP contribution in [0.2, 0.25) is 0 Å². The summed E-state index contributed by atoms with van der Waals surface area (Å²) in [6.45, 7) is 13.7. The number of nitrogens with zero attached hydrogens (tertiary/aromatic N) is 1. The maximum atomic E-state index is 13.8. The van der Waals surface area contributed by atoms with Gasteiger partial charge in [-0.15, -0.1) is 6.58 Å². The fourth-order valence-electron chi connectivity index (χ4n) is 5.86. The molecule has 3 fully saturated rings. The molecule has 1 saturated carbocycles. The van der Waals surface area contributed by atoms with Gasteiger partial charge in [0.15, 0.2) is 0 Å². The SMILES string of the molecule is C=CCNC(=O)C(=O)[C@@H]1CCCCCCCOC[C@H](NC(=O)OC(C)(C)C)C(=O)N2C[C@H]3C([C@H]2C(=O)N1)C3(C)C. The van der Waals surface area contributed by atoms with Crippen LogP contribution in [0.5, 0.6) is 0 Å². The number of ketones is 1. The Labute approximate surface area is 237 Å². The highest BCUT2D eigenvalue weighted by atomic mass is 16.6. The lowest BCUT2D eigenvalue weighted by molar-refractivity contribution is -0.145. The van der Waals surface area contributed by atoms with Gasteiger partial charge >= 0.3 is 6.09 Å². The molecule has 3 N–H and O–H groups in total. The molecule has 3 rings (SSSR count). The van der Waals surface area contributed by atoms with Crippen molar-refractivity contribution in [3.8, 4) is 0 Å². The van der Waals surface area contributed by atoms with Gasteiger partial charge in [-0.3, -0.25) is 19.2 Å². The number of carbonyl (C=O) groups excluding carboxylic acids is 5. The highest BCUT2D eigenvalue weighted by Crippen LogP contribution is 2.64. The standard InChI is InChI=1S/C29H46N4O7/c1-7-14-30-25(36)23(34)19-13-11-9-8-10-12-15-39-17-20(32-27(38)40-28(2,3)4)26(37)33-16-18-21(29(18,5)6)22(33)24(35)31-19/h7,18-22H,1,8-17H2,2-6H3,(H,30,36)(H,31,35)(H,32,38)/t18-,19-,20-,21?,22-/m0/s1. The second-order valence-electron chi connectivity index (χ2n) is 12.6. The van der Waals surface area contributed by atoms with Gasteiger partial charge in [-0.1, -0.05) is 45.6 Å². The molecular formula is C29H46N4O7. The predicted octanol–water partition coefficient (Wildman–Crippen LogP) is 2.09. The molecule has 224 valence electrons. The Morgan fingerprint density at radius 2 is 1.82 bits per heavy atom. The molecule has 4 amide bonds. The van der Waals surface area contributed by atoms with E-state index in [4.69, 9.17) is 9.47 Å². The van der Waals surface area contributed by atoms with Crippen molar-refractivity contribution >= 4 is 29.6 Å². The van der Waals surface area contributed by atoms with E-state index in [2.05, 4.69) is 36.4 Å². The third-order valence-corrected chi connectivity index (χ3v) is 8.08. The third kappa shape index (κ3) is 7.83. The van der Waals surface area contributed by atoms with E-state index in [0.717, 1.165) is 25.7 Å². The van der Waals surface area contributed by atoms with E-state index in [1.807, 2.05) is 0 Å². The van der Waals surface area contributed by atoms with Crippen molar-refractivity contribution in [1.82, 2.24) is 20.9 Å². The van der Waals surface area contributed by atoms with Crippen LogP contribution >= 0.6 is 0 Å². The summed E-state index contributed by atoms with van der Waals surface area (Å²) in [7, 11) is 0. The molecule has 11 nitrogen and oxygen atoms in total. The quantitative estimate of drug-likeness (QED) is 0.344. The fourth-order valence-corrected chi connectivity index (χ4v) is 5.86. The highest BCUT2D eigenvalue weighted by molar-refractivity contribution is 6.38. The van der Waals surface area contributed by atoms with Gasteiger partial charge in [0.25, 0.3) is 5.91 Å². The van der Waals surface area contributed by atoms with Gasteiger partial charge in [0, 0.05) is 19.7 Å². The molecule has 40 heavy (non-hydrogen) atoms. The molecule has 2 heterocycles. The van der Waals surface area contributed by atoms with Crippen LogP contribution in [-0.2, 0) is 28.7 Å². The number of carbonyl (C=O) groups is 5. The van der Waals surface area contributed by atoms with E-state index in [-0.39, 0.29) is 30.4 Å². The lowest BCUT2D eigenvalue weighted by Crippen LogP contribution is -2.59. The van der Waals surface area contributed by atoms with Crippen molar-refractivity contribution in [2.75, 3.05) is 26.3 Å². The molecule has 3 aliphatic rings. The van der Waals surface area contributed by atoms with E-state index in [1.54, 1.807) is 20.8 Å². The topological polar surface area (TPSA) is 143 Å². The van der Waals surface area contributed by atoms with Gasteiger partial charge in [-0.05, 0) is 50.9 Å². The first-order valence-electron chi connectivity index (χ1n) is 14.4. The average molecular weight is 563 g/mol. The number of hydrogen-bond donors (Lipinski definition) is 3. The number of hydrogen-bond acceptors (Lipinski definition) is 7. The molecule has 5 atom stereocenters. The largest absolute Gasteiger partial charge is 0.444 e. The van der Waals surface area contributed by atoms with E-state index in [9.17, 15) is 24.0 Å². The maximum absolute atomic E-state index is 13.8. The zero-order chi connectivity index (χ0) is 29.7. The normalized spacial score (nSPS) is 29.3. The Morgan fingerprint density at radius 1 is 1.15 bits per heavy atom. The summed E-state index contributed by atoms with van der Waals surface area (Å²) in [4.78, 5) is 67.2. The minimum atomic E-state index is -1.04. The molecule has 0 radical (unpaired) electrons. The fraction of sp³-hybridized carbons (Fsp3) is 0.759. The zero-order valence-corrected chi connectivity index (χ0v) is 24.5. The van der Waals surface area contributed by atoms with E-state index in [0.29, 0.717) is 26.0 Å². The predicted molar refractivity (Wildman–Crippen MR) is 148 cm³/mol. The van der Waals surface area contributed by atoms with Crippen molar-refractivity contribution in [1.29, 1.82) is 0 Å². The van der Waals surface area contributed by atoms with Crippen LogP contribution in [0.3, 0.4) is 0 Å². The monoisotopic (exact) mass is 562 g/mol. The third-order valence-electron chi connectivity index (χ3n) is 8.08. The Morgan fingerprint density at radius 3 is 2.50 bits per heavy atom. The number of amides is 4. The maximum Gasteiger partial charge on any atom is 0.408 e. The summed E-state index contributed by atoms with van der Waals surface area (Å²) >= 11 is 0. The molecule has 0 spiro atoms. The molecule has 1 unspecified atom stereocenters. The van der Waals surface area contributed by atoms with E-state index < -0.39 is 53.3 Å². The van der Waals surface area contributed by atoms with Gasteiger partial charge in [-0.25, -0.2) is 4.79 Å². The lowest BCUT2D eigenvalue weighted by Gasteiger charge is -2.34. The summed E-state index contributed by atoms with van der Waals surface area (Å²) in [5, 5.41) is 7.96. The summed E-state index contributed by atoms with van der Waals surface area (Å²) in [6.07, 6.45) is 5.12. The molecule has 1 aliphatic carbocycles. The number of Topliss-reactive ketones (excluding diaryl/α,β-unsaturated/α-hetero) is 1. The van der Waals surface area contributed by atoms with Crippen LogP contribution < -0.4 is 16.0 Å². The Bertz CT molecular complexity index is 989. The van der Waals surface area contributed by atoms with Crippen LogP contribution in [0.25, 0.3) is 0 Å². The van der Waals surface area contributed by atoms with E-state index in [1.165, 1.54) is 11.0 Å². The number of alkyl carbamates (subject to hydrolysis) is 1. The Hall–Kier alpha value is -2.95. The summed E-state index contributed by atoms with van der Waals surface area (Å²) < 4.78 is 11.2. The minimum Gasteiger partial charge on any atom is -0.444 e. The Kier molecular flexibility index (Phi) is 10.4. The molecule has 2 aliphatic heterocycles. The molecule has 0 aromatic heterocycles. The van der Waals surface area contributed by atoms with Crippen LogP contribution in [-0.4, -0.2) is 84.5 Å². The molecule has 0 aromatic carbocycles. The minimum absolute atomic E-state index is 0.0494. The second kappa shape index (κ2) is 13.1. The van der Waals surface area contributed by atoms with Crippen LogP contribution in [0.1, 0.15) is 73.1 Å². The van der Waals surface area contributed by atoms with Crippen LogP contribution in [0.15, 0.2) is 12.7 Å². The van der Waals surface area contributed by atoms with Crippen molar-refractivity contribution in [3.63, 3.8) is 0 Å². The first kappa shape index (κ1) is 31.6. The van der Waals surface area contributed by atoms with Gasteiger partial charge in [0.2, 0.25) is 17.6 Å². The molecule has 11 heteroatoms. The number of fused-ring (bicyclic) bond motifs is 3. The van der Waals surface area contributed by atoms with Crippen molar-refractivity contribution in [2.45, 2.75) is 96.9 Å². The molecule has 0 bridgehead atoms. The van der Waals surface area contributed by atoms with E-state index >= 15 is 0 Å². The van der Waals surface area contributed by atoms with Crippen molar-refractivity contribution in [3.05, 3.63) is 12.7 Å². The Balaban J connectivity index is 1.86.